The lowest BCUT2D eigenvalue weighted by Gasteiger charge is -2.09. The average molecular weight is 322 g/mol. The third kappa shape index (κ3) is 3.46. The van der Waals surface area contributed by atoms with E-state index in [1.165, 1.54) is 6.20 Å². The molecule has 2 N–H and O–H groups in total. The van der Waals surface area contributed by atoms with E-state index in [0.717, 1.165) is 5.69 Å². The molecule has 0 aliphatic heterocycles. The molecular formula is C15H16ClN3O3. The zero-order valence-corrected chi connectivity index (χ0v) is 12.8. The molecule has 6 nitrogen and oxygen atoms in total. The second-order valence-electron chi connectivity index (χ2n) is 4.62. The smallest absolute Gasteiger partial charge is 0.305 e. The molecular weight excluding hydrogens is 306 g/mol. The Balaban J connectivity index is 2.26. The van der Waals surface area contributed by atoms with Crippen LogP contribution in [0, 0.1) is 0 Å². The van der Waals surface area contributed by atoms with Crippen LogP contribution in [0.3, 0.4) is 0 Å². The first kappa shape index (κ1) is 16.0. The van der Waals surface area contributed by atoms with Gasteiger partial charge in [-0.2, -0.15) is 5.10 Å². The van der Waals surface area contributed by atoms with E-state index < -0.39 is 5.97 Å². The highest BCUT2D eigenvalue weighted by molar-refractivity contribution is 6.32. The van der Waals surface area contributed by atoms with Gasteiger partial charge < -0.3 is 10.4 Å². The van der Waals surface area contributed by atoms with Crippen molar-refractivity contribution >= 4 is 23.5 Å². The number of carbonyl (C=O) groups excluding carboxylic acids is 1. The maximum Gasteiger partial charge on any atom is 0.305 e. The van der Waals surface area contributed by atoms with Gasteiger partial charge in [-0.05, 0) is 18.6 Å². The molecule has 0 saturated heterocycles. The minimum absolute atomic E-state index is 0.0780. The fourth-order valence-electron chi connectivity index (χ4n) is 2.11. The van der Waals surface area contributed by atoms with Crippen molar-refractivity contribution in [3.8, 4) is 5.69 Å². The minimum Gasteiger partial charge on any atom is -0.481 e. The Morgan fingerprint density at radius 1 is 1.36 bits per heavy atom. The van der Waals surface area contributed by atoms with Crippen LogP contribution in [0.5, 0.6) is 0 Å². The molecule has 0 unspecified atom stereocenters. The summed E-state index contributed by atoms with van der Waals surface area (Å²) in [5, 5.41) is 16.0. The topological polar surface area (TPSA) is 84.2 Å². The van der Waals surface area contributed by atoms with Crippen LogP contribution in [0.25, 0.3) is 5.69 Å². The summed E-state index contributed by atoms with van der Waals surface area (Å²) in [5.41, 5.74) is 1.85. The summed E-state index contributed by atoms with van der Waals surface area (Å²) in [6.07, 6.45) is 1.94. The van der Waals surface area contributed by atoms with Crippen LogP contribution < -0.4 is 5.32 Å². The van der Waals surface area contributed by atoms with Gasteiger partial charge in [0.1, 0.15) is 0 Å². The number of aromatic nitrogens is 2. The summed E-state index contributed by atoms with van der Waals surface area (Å²) in [6.45, 7) is 1.99. The molecule has 0 bridgehead atoms. The normalized spacial score (nSPS) is 10.5. The molecule has 1 heterocycles. The van der Waals surface area contributed by atoms with Gasteiger partial charge in [0, 0.05) is 6.54 Å². The number of hydrogen-bond donors (Lipinski definition) is 2. The molecule has 0 saturated carbocycles. The lowest BCUT2D eigenvalue weighted by Crippen LogP contribution is -2.26. The number of carboxylic acid groups (broad SMARTS) is 1. The molecule has 2 rings (SSSR count). The van der Waals surface area contributed by atoms with E-state index in [1.54, 1.807) is 10.7 Å². The zero-order valence-electron chi connectivity index (χ0n) is 12.0. The molecule has 116 valence electrons. The standard InChI is InChI=1S/C15H16ClN3O3/c1-2-12-10(15(22)17-8-7-14(20)21)9-18-19(12)13-6-4-3-5-11(13)16/h3-6,9H,2,7-8H2,1H3,(H,17,22)(H,20,21). The first-order chi connectivity index (χ1) is 10.5. The summed E-state index contributed by atoms with van der Waals surface area (Å²) in [6, 6.07) is 7.24. The van der Waals surface area contributed by atoms with Gasteiger partial charge >= 0.3 is 5.97 Å². The van der Waals surface area contributed by atoms with Crippen LogP contribution >= 0.6 is 11.6 Å². The third-order valence-electron chi connectivity index (χ3n) is 3.15. The maximum absolute atomic E-state index is 12.1. The average Bonchev–Trinajstić information content (AvgIpc) is 2.91. The molecule has 0 fully saturated rings. The second kappa shape index (κ2) is 7.09. The van der Waals surface area contributed by atoms with Crippen LogP contribution in [0.1, 0.15) is 29.4 Å². The molecule has 0 atom stereocenters. The lowest BCUT2D eigenvalue weighted by atomic mass is 10.2. The highest BCUT2D eigenvalue weighted by Crippen LogP contribution is 2.22. The fourth-order valence-corrected chi connectivity index (χ4v) is 2.33. The summed E-state index contributed by atoms with van der Waals surface area (Å²) < 4.78 is 1.63. The predicted molar refractivity (Wildman–Crippen MR) is 82.5 cm³/mol. The number of para-hydroxylation sites is 1. The second-order valence-corrected chi connectivity index (χ2v) is 5.03. The van der Waals surface area contributed by atoms with Crippen molar-refractivity contribution in [3.05, 3.63) is 46.7 Å². The zero-order chi connectivity index (χ0) is 16.1. The Labute approximate surface area is 132 Å². The summed E-state index contributed by atoms with van der Waals surface area (Å²) in [4.78, 5) is 22.6. The minimum atomic E-state index is -0.956. The van der Waals surface area contributed by atoms with Crippen LogP contribution in [0.2, 0.25) is 5.02 Å². The number of halogens is 1. The molecule has 0 aliphatic carbocycles. The van der Waals surface area contributed by atoms with Crippen molar-refractivity contribution in [1.82, 2.24) is 15.1 Å². The maximum atomic E-state index is 12.1. The number of aliphatic carboxylic acids is 1. The molecule has 0 radical (unpaired) electrons. The number of nitrogens with zero attached hydrogens (tertiary/aromatic N) is 2. The van der Waals surface area contributed by atoms with Crippen LogP contribution in [-0.2, 0) is 11.2 Å². The van der Waals surface area contributed by atoms with E-state index in [0.29, 0.717) is 22.7 Å². The monoisotopic (exact) mass is 321 g/mol. The Morgan fingerprint density at radius 3 is 2.73 bits per heavy atom. The van der Waals surface area contributed by atoms with Gasteiger partial charge in [0.05, 0.1) is 34.6 Å². The van der Waals surface area contributed by atoms with Crippen LogP contribution in [0.4, 0.5) is 0 Å². The van der Waals surface area contributed by atoms with Crippen molar-refractivity contribution in [3.63, 3.8) is 0 Å². The largest absolute Gasteiger partial charge is 0.481 e. The first-order valence-corrected chi connectivity index (χ1v) is 7.24. The number of benzene rings is 1. The molecule has 1 aromatic carbocycles. The van der Waals surface area contributed by atoms with Gasteiger partial charge in [-0.3, -0.25) is 9.59 Å². The number of carboxylic acids is 1. The highest BCUT2D eigenvalue weighted by atomic mass is 35.5. The van der Waals surface area contributed by atoms with Crippen molar-refractivity contribution in [2.75, 3.05) is 6.54 Å². The first-order valence-electron chi connectivity index (χ1n) is 6.86. The van der Waals surface area contributed by atoms with Crippen molar-refractivity contribution in [2.45, 2.75) is 19.8 Å². The number of nitrogens with one attached hydrogen (secondary N) is 1. The SMILES string of the molecule is CCc1c(C(=O)NCCC(=O)O)cnn1-c1ccccc1Cl. The van der Waals surface area contributed by atoms with E-state index in [4.69, 9.17) is 16.7 Å². The molecule has 1 amide bonds. The quantitative estimate of drug-likeness (QED) is 0.855. The molecule has 0 spiro atoms. The number of amides is 1. The predicted octanol–water partition coefficient (Wildman–Crippen LogP) is 2.29. The van der Waals surface area contributed by atoms with Gasteiger partial charge in [-0.25, -0.2) is 4.68 Å². The van der Waals surface area contributed by atoms with Crippen LogP contribution in [-0.4, -0.2) is 33.3 Å². The van der Waals surface area contributed by atoms with Gasteiger partial charge in [-0.15, -0.1) is 0 Å². The summed E-state index contributed by atoms with van der Waals surface area (Å²) in [7, 11) is 0. The van der Waals surface area contributed by atoms with Gasteiger partial charge in [0.25, 0.3) is 5.91 Å². The van der Waals surface area contributed by atoms with Gasteiger partial charge in [0.2, 0.25) is 0 Å². The lowest BCUT2D eigenvalue weighted by molar-refractivity contribution is -0.136. The third-order valence-corrected chi connectivity index (χ3v) is 3.47. The number of rotatable bonds is 6. The van der Waals surface area contributed by atoms with Gasteiger partial charge in [-0.1, -0.05) is 30.7 Å². The fraction of sp³-hybridized carbons (Fsp3) is 0.267. The van der Waals surface area contributed by atoms with E-state index in [1.807, 2.05) is 25.1 Å². The summed E-state index contributed by atoms with van der Waals surface area (Å²) in [5.74, 6) is -1.29. The Bertz CT molecular complexity index is 697. The molecule has 2 aromatic rings. The number of carbonyl (C=O) groups is 2. The van der Waals surface area contributed by atoms with E-state index >= 15 is 0 Å². The Hall–Kier alpha value is -2.34. The van der Waals surface area contributed by atoms with Crippen molar-refractivity contribution in [1.29, 1.82) is 0 Å². The molecule has 22 heavy (non-hydrogen) atoms. The molecule has 0 aliphatic rings. The molecule has 7 heteroatoms. The van der Waals surface area contributed by atoms with Crippen LogP contribution in [0.15, 0.2) is 30.5 Å². The van der Waals surface area contributed by atoms with Crippen molar-refractivity contribution in [2.24, 2.45) is 0 Å². The Morgan fingerprint density at radius 2 is 2.09 bits per heavy atom. The van der Waals surface area contributed by atoms with E-state index in [-0.39, 0.29) is 18.9 Å². The van der Waals surface area contributed by atoms with Gasteiger partial charge in [0.15, 0.2) is 0 Å². The Kier molecular flexibility index (Phi) is 5.16. The number of hydrogen-bond acceptors (Lipinski definition) is 3. The molecule has 1 aromatic heterocycles. The van der Waals surface area contributed by atoms with E-state index in [2.05, 4.69) is 10.4 Å². The van der Waals surface area contributed by atoms with Crippen molar-refractivity contribution < 1.29 is 14.7 Å². The highest BCUT2D eigenvalue weighted by Gasteiger charge is 2.18. The summed E-state index contributed by atoms with van der Waals surface area (Å²) >= 11 is 6.17. The van der Waals surface area contributed by atoms with E-state index in [9.17, 15) is 9.59 Å².